The van der Waals surface area contributed by atoms with Crippen LogP contribution in [-0.2, 0) is 9.57 Å². The lowest BCUT2D eigenvalue weighted by Gasteiger charge is -2.24. The number of hydrogen-bond acceptors (Lipinski definition) is 5. The van der Waals surface area contributed by atoms with Crippen LogP contribution in [0, 0.1) is 5.92 Å². The Bertz CT molecular complexity index is 348. The molecule has 96 valence electrons. The van der Waals surface area contributed by atoms with Crippen LogP contribution in [0.2, 0.25) is 0 Å². The van der Waals surface area contributed by atoms with E-state index in [4.69, 9.17) is 15.3 Å². The van der Waals surface area contributed by atoms with Crippen molar-refractivity contribution in [1.29, 1.82) is 0 Å². The Morgan fingerprint density at radius 3 is 2.88 bits per heavy atom. The Morgan fingerprint density at radius 1 is 1.59 bits per heavy atom. The third-order valence-corrected chi connectivity index (χ3v) is 2.86. The average Bonchev–Trinajstić information content (AvgIpc) is 2.72. The zero-order valence-corrected chi connectivity index (χ0v) is 10.5. The summed E-state index contributed by atoms with van der Waals surface area (Å²) in [5.41, 5.74) is 5.93. The van der Waals surface area contributed by atoms with Gasteiger partial charge in [0, 0.05) is 13.1 Å². The first kappa shape index (κ1) is 12.2. The van der Waals surface area contributed by atoms with E-state index in [2.05, 4.69) is 5.16 Å². The molecule has 0 aromatic rings. The van der Waals surface area contributed by atoms with Gasteiger partial charge >= 0.3 is 6.09 Å². The van der Waals surface area contributed by atoms with Crippen LogP contribution in [0.5, 0.6) is 0 Å². The molecule has 0 radical (unpaired) electrons. The minimum absolute atomic E-state index is 0.0546. The molecule has 0 saturated carbocycles. The summed E-state index contributed by atoms with van der Waals surface area (Å²) in [6, 6.07) is 0. The summed E-state index contributed by atoms with van der Waals surface area (Å²) < 4.78 is 5.32. The number of carbonyl (C=O) groups is 1. The molecular weight excluding hydrogens is 222 g/mol. The van der Waals surface area contributed by atoms with Crippen molar-refractivity contribution in [3.63, 3.8) is 0 Å². The molecule has 0 bridgehead atoms. The van der Waals surface area contributed by atoms with E-state index in [0.29, 0.717) is 19.6 Å². The number of ether oxygens (including phenoxy) is 1. The van der Waals surface area contributed by atoms with E-state index in [9.17, 15) is 4.79 Å². The number of oxime groups is 1. The van der Waals surface area contributed by atoms with Crippen molar-refractivity contribution in [1.82, 2.24) is 4.90 Å². The predicted molar refractivity (Wildman–Crippen MR) is 62.7 cm³/mol. The second-order valence-corrected chi connectivity index (χ2v) is 5.42. The van der Waals surface area contributed by atoms with Crippen molar-refractivity contribution in [2.75, 3.05) is 19.6 Å². The highest BCUT2D eigenvalue weighted by Crippen LogP contribution is 2.27. The van der Waals surface area contributed by atoms with Crippen LogP contribution in [0.1, 0.15) is 20.8 Å². The van der Waals surface area contributed by atoms with E-state index in [-0.39, 0.29) is 18.1 Å². The topological polar surface area (TPSA) is 77.1 Å². The number of fused-ring (bicyclic) bond motifs is 1. The molecule has 2 aliphatic heterocycles. The molecule has 0 aromatic heterocycles. The summed E-state index contributed by atoms with van der Waals surface area (Å²) in [5.74, 6) is 0.132. The molecule has 0 unspecified atom stereocenters. The number of nitrogens with two attached hydrogens (primary N) is 1. The number of likely N-dealkylation sites (tertiary alicyclic amines) is 1. The Kier molecular flexibility index (Phi) is 2.99. The quantitative estimate of drug-likeness (QED) is 0.728. The summed E-state index contributed by atoms with van der Waals surface area (Å²) in [4.78, 5) is 18.8. The highest BCUT2D eigenvalue weighted by Gasteiger charge is 2.44. The van der Waals surface area contributed by atoms with Gasteiger partial charge in [-0.3, -0.25) is 0 Å². The van der Waals surface area contributed by atoms with Crippen LogP contribution in [0.25, 0.3) is 0 Å². The molecule has 2 rings (SSSR count). The van der Waals surface area contributed by atoms with Crippen molar-refractivity contribution in [2.45, 2.75) is 32.5 Å². The van der Waals surface area contributed by atoms with Crippen molar-refractivity contribution >= 4 is 11.8 Å². The maximum Gasteiger partial charge on any atom is 0.410 e. The molecule has 2 atom stereocenters. The first-order valence-electron chi connectivity index (χ1n) is 5.81. The third kappa shape index (κ3) is 2.52. The van der Waals surface area contributed by atoms with Crippen molar-refractivity contribution in [3.05, 3.63) is 0 Å². The zero-order chi connectivity index (χ0) is 12.6. The summed E-state index contributed by atoms with van der Waals surface area (Å²) in [7, 11) is 0. The van der Waals surface area contributed by atoms with E-state index in [1.54, 1.807) is 4.90 Å². The number of carbonyl (C=O) groups excluding carboxylic acids is 1. The molecule has 1 saturated heterocycles. The van der Waals surface area contributed by atoms with E-state index in [1.165, 1.54) is 0 Å². The summed E-state index contributed by atoms with van der Waals surface area (Å²) in [6.07, 6.45) is -0.354. The van der Waals surface area contributed by atoms with Crippen molar-refractivity contribution in [3.8, 4) is 0 Å². The molecule has 17 heavy (non-hydrogen) atoms. The first-order chi connectivity index (χ1) is 7.90. The van der Waals surface area contributed by atoms with Crippen LogP contribution in [0.15, 0.2) is 5.16 Å². The first-order valence-corrected chi connectivity index (χ1v) is 5.81. The fourth-order valence-corrected chi connectivity index (χ4v) is 2.07. The molecule has 2 N–H and O–H groups in total. The molecule has 0 aliphatic carbocycles. The number of amides is 1. The molecule has 1 amide bonds. The highest BCUT2D eigenvalue weighted by atomic mass is 16.6. The maximum absolute atomic E-state index is 11.9. The van der Waals surface area contributed by atoms with Crippen LogP contribution in [0.4, 0.5) is 4.79 Å². The summed E-state index contributed by atoms with van der Waals surface area (Å²) in [6.45, 7) is 7.03. The molecule has 2 aliphatic rings. The number of hydrogen-bond donors (Lipinski definition) is 1. The van der Waals surface area contributed by atoms with Gasteiger partial charge in [0.05, 0.1) is 18.2 Å². The van der Waals surface area contributed by atoms with E-state index < -0.39 is 5.60 Å². The smallest absolute Gasteiger partial charge is 0.410 e. The van der Waals surface area contributed by atoms with Crippen LogP contribution in [-0.4, -0.2) is 48.0 Å². The van der Waals surface area contributed by atoms with Gasteiger partial charge in [-0.25, -0.2) is 4.79 Å². The van der Waals surface area contributed by atoms with Gasteiger partial charge in [0.25, 0.3) is 0 Å². The van der Waals surface area contributed by atoms with E-state index in [1.807, 2.05) is 20.8 Å². The van der Waals surface area contributed by atoms with E-state index in [0.717, 1.165) is 5.71 Å². The van der Waals surface area contributed by atoms with Gasteiger partial charge in [0.15, 0.2) is 6.10 Å². The molecule has 2 heterocycles. The normalized spacial score (nSPS) is 27.5. The number of rotatable bonds is 1. The lowest BCUT2D eigenvalue weighted by molar-refractivity contribution is 0.0228. The molecule has 1 fully saturated rings. The molecule has 6 heteroatoms. The Morgan fingerprint density at radius 2 is 2.29 bits per heavy atom. The van der Waals surface area contributed by atoms with Crippen molar-refractivity contribution < 1.29 is 14.4 Å². The lowest BCUT2D eigenvalue weighted by Crippen LogP contribution is -2.36. The monoisotopic (exact) mass is 241 g/mol. The standard InChI is InChI=1S/C11H19N3O3/c1-11(2,3)16-10(15)14-5-7-8(4-12)13-17-9(7)6-14/h7,9H,4-6,12H2,1-3H3/t7-,9+/m0/s1. The fourth-order valence-electron chi connectivity index (χ4n) is 2.07. The molecular formula is C11H19N3O3. The highest BCUT2D eigenvalue weighted by molar-refractivity contribution is 5.90. The Labute approximate surface area is 101 Å². The van der Waals surface area contributed by atoms with Gasteiger partial charge in [0.1, 0.15) is 5.60 Å². The molecule has 6 nitrogen and oxygen atoms in total. The molecule has 0 aromatic carbocycles. The van der Waals surface area contributed by atoms with Crippen LogP contribution in [0.3, 0.4) is 0 Å². The second-order valence-electron chi connectivity index (χ2n) is 5.42. The predicted octanol–water partition coefficient (Wildman–Crippen LogP) is 0.567. The number of nitrogens with zero attached hydrogens (tertiary/aromatic N) is 2. The zero-order valence-electron chi connectivity index (χ0n) is 10.5. The van der Waals surface area contributed by atoms with Gasteiger partial charge in [-0.05, 0) is 20.8 Å². The SMILES string of the molecule is CC(C)(C)OC(=O)N1C[C@H]2ON=C(CN)[C@@H]2C1. The fraction of sp³-hybridized carbons (Fsp3) is 0.818. The maximum atomic E-state index is 11.9. The minimum Gasteiger partial charge on any atom is -0.444 e. The Balaban J connectivity index is 1.95. The second kappa shape index (κ2) is 4.18. The largest absolute Gasteiger partial charge is 0.444 e. The van der Waals surface area contributed by atoms with Crippen LogP contribution >= 0.6 is 0 Å². The third-order valence-electron chi connectivity index (χ3n) is 2.86. The molecule has 0 spiro atoms. The van der Waals surface area contributed by atoms with Gasteiger partial charge in [-0.15, -0.1) is 0 Å². The van der Waals surface area contributed by atoms with Crippen molar-refractivity contribution in [2.24, 2.45) is 16.8 Å². The minimum atomic E-state index is -0.472. The lowest BCUT2D eigenvalue weighted by atomic mass is 10.0. The van der Waals surface area contributed by atoms with Gasteiger partial charge < -0.3 is 20.2 Å². The van der Waals surface area contributed by atoms with Gasteiger partial charge in [0.2, 0.25) is 0 Å². The van der Waals surface area contributed by atoms with Gasteiger partial charge in [-0.1, -0.05) is 5.16 Å². The summed E-state index contributed by atoms with van der Waals surface area (Å²) in [5, 5.41) is 3.92. The average molecular weight is 241 g/mol. The summed E-state index contributed by atoms with van der Waals surface area (Å²) >= 11 is 0. The van der Waals surface area contributed by atoms with E-state index >= 15 is 0 Å². The Hall–Kier alpha value is -1.30. The van der Waals surface area contributed by atoms with Crippen LogP contribution < -0.4 is 5.73 Å². The van der Waals surface area contributed by atoms with Gasteiger partial charge in [-0.2, -0.15) is 0 Å².